The van der Waals surface area contributed by atoms with Crippen LogP contribution >= 0.6 is 0 Å². The van der Waals surface area contributed by atoms with Gasteiger partial charge in [0.2, 0.25) is 0 Å². The van der Waals surface area contributed by atoms with Crippen molar-refractivity contribution < 1.29 is 19.4 Å². The van der Waals surface area contributed by atoms with E-state index in [-0.39, 0.29) is 12.2 Å². The van der Waals surface area contributed by atoms with Crippen molar-refractivity contribution in [2.24, 2.45) is 0 Å². The average Bonchev–Trinajstić information content (AvgIpc) is 2.84. The third-order valence-electron chi connectivity index (χ3n) is 4.91. The van der Waals surface area contributed by atoms with Crippen LogP contribution in [0.15, 0.2) is 42.5 Å². The zero-order chi connectivity index (χ0) is 19.6. The molecule has 5 heteroatoms. The van der Waals surface area contributed by atoms with Crippen molar-refractivity contribution in [3.63, 3.8) is 0 Å². The van der Waals surface area contributed by atoms with Crippen molar-refractivity contribution in [2.75, 3.05) is 18.1 Å². The van der Waals surface area contributed by atoms with Gasteiger partial charge in [0.05, 0.1) is 12.3 Å². The molecule has 3 rings (SSSR count). The van der Waals surface area contributed by atoms with Crippen molar-refractivity contribution in [2.45, 2.75) is 39.2 Å². The van der Waals surface area contributed by atoms with Crippen molar-refractivity contribution in [1.29, 1.82) is 0 Å². The number of Topliss-reactive ketones (excluding diaryl/α,β-unsaturated/α-hetero) is 1. The molecule has 142 valence electrons. The van der Waals surface area contributed by atoms with E-state index in [0.29, 0.717) is 25.1 Å². The van der Waals surface area contributed by atoms with Gasteiger partial charge in [0.1, 0.15) is 11.5 Å². The fourth-order valence-electron chi connectivity index (χ4n) is 3.76. The van der Waals surface area contributed by atoms with E-state index in [2.05, 4.69) is 0 Å². The van der Waals surface area contributed by atoms with Gasteiger partial charge in [0, 0.05) is 18.5 Å². The number of aliphatic hydroxyl groups is 1. The number of rotatable bonds is 7. The summed E-state index contributed by atoms with van der Waals surface area (Å²) < 4.78 is 5.70. The molecule has 0 fully saturated rings. The predicted molar refractivity (Wildman–Crippen MR) is 104 cm³/mol. The monoisotopic (exact) mass is 367 g/mol. The van der Waals surface area contributed by atoms with Gasteiger partial charge in [-0.05, 0) is 50.5 Å². The quantitative estimate of drug-likeness (QED) is 0.763. The minimum Gasteiger partial charge on any atom is -0.494 e. The second-order valence-corrected chi connectivity index (χ2v) is 7.13. The van der Waals surface area contributed by atoms with E-state index in [0.717, 1.165) is 22.6 Å². The van der Waals surface area contributed by atoms with Crippen LogP contribution in [0.5, 0.6) is 5.75 Å². The van der Waals surface area contributed by atoms with Crippen LogP contribution in [0, 0.1) is 13.8 Å². The maximum absolute atomic E-state index is 13.1. The highest BCUT2D eigenvalue weighted by molar-refractivity contribution is 6.09. The molecule has 1 aliphatic rings. The Hall–Kier alpha value is -2.66. The Balaban J connectivity index is 1.81. The largest absolute Gasteiger partial charge is 0.494 e. The number of fused-ring (bicyclic) bond motifs is 1. The molecule has 0 spiro atoms. The molecule has 0 bridgehead atoms. The van der Waals surface area contributed by atoms with E-state index in [1.807, 2.05) is 56.3 Å². The number of carbonyl (C=O) groups excluding carboxylic acids is 2. The summed E-state index contributed by atoms with van der Waals surface area (Å²) in [5.74, 6) is 0.141. The fraction of sp³-hybridized carbons (Fsp3) is 0.364. The standard InChI is InChI=1S/C22H25NO4/c1-15-10-11-16(2)20-19(15)22(26,14-17(3)24)21(25)23(20)12-7-13-27-18-8-5-4-6-9-18/h4-6,8-11,26H,7,12-14H2,1-3H3. The Kier molecular flexibility index (Phi) is 5.33. The topological polar surface area (TPSA) is 66.8 Å². The van der Waals surface area contributed by atoms with Crippen LogP contribution < -0.4 is 9.64 Å². The Bertz CT molecular complexity index is 862. The number of hydrogen-bond acceptors (Lipinski definition) is 4. The van der Waals surface area contributed by atoms with Crippen LogP contribution in [-0.2, 0) is 15.2 Å². The summed E-state index contributed by atoms with van der Waals surface area (Å²) in [7, 11) is 0. The van der Waals surface area contributed by atoms with Gasteiger partial charge in [-0.3, -0.25) is 9.59 Å². The number of benzene rings is 2. The molecule has 1 N–H and O–H groups in total. The van der Waals surface area contributed by atoms with Gasteiger partial charge < -0.3 is 14.7 Å². The molecule has 1 amide bonds. The molecule has 1 unspecified atom stereocenters. The summed E-state index contributed by atoms with van der Waals surface area (Å²) in [5, 5.41) is 11.1. The highest BCUT2D eigenvalue weighted by Crippen LogP contribution is 2.46. The SMILES string of the molecule is CC(=O)CC1(O)C(=O)N(CCCOc2ccccc2)c2c(C)ccc(C)c21. The molecule has 5 nitrogen and oxygen atoms in total. The van der Waals surface area contributed by atoms with Crippen LogP contribution in [0.4, 0.5) is 5.69 Å². The molecule has 1 aliphatic heterocycles. The molecular weight excluding hydrogens is 342 g/mol. The lowest BCUT2D eigenvalue weighted by atomic mass is 9.86. The van der Waals surface area contributed by atoms with E-state index < -0.39 is 11.5 Å². The number of amides is 1. The number of para-hydroxylation sites is 1. The highest BCUT2D eigenvalue weighted by atomic mass is 16.5. The minimum absolute atomic E-state index is 0.208. The lowest BCUT2D eigenvalue weighted by Gasteiger charge is -2.22. The first kappa shape index (κ1) is 19.1. The molecule has 1 atom stereocenters. The summed E-state index contributed by atoms with van der Waals surface area (Å²) in [6.07, 6.45) is 0.406. The smallest absolute Gasteiger partial charge is 0.264 e. The van der Waals surface area contributed by atoms with E-state index >= 15 is 0 Å². The van der Waals surface area contributed by atoms with Crippen LogP contribution in [0.3, 0.4) is 0 Å². The lowest BCUT2D eigenvalue weighted by Crippen LogP contribution is -2.42. The van der Waals surface area contributed by atoms with Gasteiger partial charge >= 0.3 is 0 Å². The fourth-order valence-corrected chi connectivity index (χ4v) is 3.76. The number of nitrogens with zero attached hydrogens (tertiary/aromatic N) is 1. The maximum Gasteiger partial charge on any atom is 0.264 e. The third kappa shape index (κ3) is 3.60. The predicted octanol–water partition coefficient (Wildman–Crippen LogP) is 3.29. The summed E-state index contributed by atoms with van der Waals surface area (Å²) in [6, 6.07) is 13.3. The van der Waals surface area contributed by atoms with E-state index in [1.54, 1.807) is 4.90 Å². The van der Waals surface area contributed by atoms with Crippen molar-refractivity contribution >= 4 is 17.4 Å². The zero-order valence-electron chi connectivity index (χ0n) is 16.0. The second kappa shape index (κ2) is 7.53. The number of aryl methyl sites for hydroxylation is 2. The molecule has 2 aromatic rings. The number of ketones is 1. The minimum atomic E-state index is -1.78. The van der Waals surface area contributed by atoms with Crippen molar-refractivity contribution in [1.82, 2.24) is 0 Å². The first-order valence-electron chi connectivity index (χ1n) is 9.17. The van der Waals surface area contributed by atoms with E-state index in [9.17, 15) is 14.7 Å². The lowest BCUT2D eigenvalue weighted by molar-refractivity contribution is -0.141. The summed E-state index contributed by atoms with van der Waals surface area (Å²) in [4.78, 5) is 26.4. The zero-order valence-corrected chi connectivity index (χ0v) is 16.0. The Morgan fingerprint density at radius 3 is 2.44 bits per heavy atom. The van der Waals surface area contributed by atoms with Crippen LogP contribution in [0.2, 0.25) is 0 Å². The summed E-state index contributed by atoms with van der Waals surface area (Å²) in [6.45, 7) is 6.05. The van der Waals surface area contributed by atoms with Gasteiger partial charge in [0.25, 0.3) is 5.91 Å². The van der Waals surface area contributed by atoms with Gasteiger partial charge in [0.15, 0.2) is 5.60 Å². The molecule has 0 aliphatic carbocycles. The molecule has 0 aromatic heterocycles. The molecule has 0 radical (unpaired) electrons. The first-order valence-corrected chi connectivity index (χ1v) is 9.17. The molecule has 1 heterocycles. The van der Waals surface area contributed by atoms with Crippen molar-refractivity contribution in [3.05, 3.63) is 59.2 Å². The third-order valence-corrected chi connectivity index (χ3v) is 4.91. The maximum atomic E-state index is 13.1. The van der Waals surface area contributed by atoms with Gasteiger partial charge in [-0.15, -0.1) is 0 Å². The van der Waals surface area contributed by atoms with Gasteiger partial charge in [-0.1, -0.05) is 30.3 Å². The number of hydrogen-bond donors (Lipinski definition) is 1. The molecule has 2 aromatic carbocycles. The molecule has 0 saturated heterocycles. The second-order valence-electron chi connectivity index (χ2n) is 7.13. The Morgan fingerprint density at radius 1 is 1.11 bits per heavy atom. The number of anilines is 1. The Morgan fingerprint density at radius 2 is 1.78 bits per heavy atom. The Labute approximate surface area is 159 Å². The summed E-state index contributed by atoms with van der Waals surface area (Å²) >= 11 is 0. The molecular formula is C22H25NO4. The van der Waals surface area contributed by atoms with Crippen LogP contribution in [0.25, 0.3) is 0 Å². The van der Waals surface area contributed by atoms with Gasteiger partial charge in [-0.2, -0.15) is 0 Å². The number of ether oxygens (including phenoxy) is 1. The van der Waals surface area contributed by atoms with E-state index in [1.165, 1.54) is 6.92 Å². The average molecular weight is 367 g/mol. The molecule has 27 heavy (non-hydrogen) atoms. The van der Waals surface area contributed by atoms with E-state index in [4.69, 9.17) is 4.74 Å². The first-order chi connectivity index (χ1) is 12.8. The van der Waals surface area contributed by atoms with Crippen LogP contribution in [0.1, 0.15) is 36.5 Å². The van der Waals surface area contributed by atoms with Crippen LogP contribution in [-0.4, -0.2) is 29.9 Å². The normalized spacial score (nSPS) is 18.5. The van der Waals surface area contributed by atoms with Crippen molar-refractivity contribution in [3.8, 4) is 5.75 Å². The summed E-state index contributed by atoms with van der Waals surface area (Å²) in [5.41, 5.74) is 1.23. The highest BCUT2D eigenvalue weighted by Gasteiger charge is 2.51. The van der Waals surface area contributed by atoms with Gasteiger partial charge in [-0.25, -0.2) is 0 Å². The molecule has 0 saturated carbocycles. The number of carbonyl (C=O) groups is 2.